The van der Waals surface area contributed by atoms with Crippen LogP contribution >= 0.6 is 0 Å². The lowest BCUT2D eigenvalue weighted by Crippen LogP contribution is -2.59. The largest absolute Gasteiger partial charge is 0.394 e. The van der Waals surface area contributed by atoms with Crippen LogP contribution in [0.5, 0.6) is 0 Å². The summed E-state index contributed by atoms with van der Waals surface area (Å²) in [5.74, 6) is 0. The van der Waals surface area contributed by atoms with E-state index in [-0.39, 0.29) is 13.1 Å². The summed E-state index contributed by atoms with van der Waals surface area (Å²) in [4.78, 5) is 12.8. The Morgan fingerprint density at radius 3 is 1.65 bits per heavy atom. The molecule has 0 aliphatic rings. The van der Waals surface area contributed by atoms with Crippen molar-refractivity contribution in [3.05, 3.63) is 0 Å². The fraction of sp³-hybridized carbons (Fsp3) is 0.929. The lowest BCUT2D eigenvalue weighted by molar-refractivity contribution is -0.128. The molecule has 0 amide bonds. The van der Waals surface area contributed by atoms with Crippen LogP contribution in [-0.2, 0) is 4.79 Å². The quantitative estimate of drug-likeness (QED) is 0.363. The topological polar surface area (TPSA) is 101 Å². The van der Waals surface area contributed by atoms with Gasteiger partial charge in [-0.3, -0.25) is 4.90 Å². The summed E-state index contributed by atoms with van der Waals surface area (Å²) >= 11 is 0. The first-order valence-electron chi connectivity index (χ1n) is 7.28. The minimum absolute atomic E-state index is 0.133. The van der Waals surface area contributed by atoms with Crippen LogP contribution in [0.25, 0.3) is 0 Å². The standard InChI is InChI=1S/C14H29NO5/c1-3-5-12(19)7-15(8-13(20)6-4-2)14(9-16,10-17)11-18/h9,12-13,17-20H,3-8,10-11H2,1-2H3. The molecule has 0 aliphatic heterocycles. The molecule has 0 fully saturated rings. The van der Waals surface area contributed by atoms with Crippen molar-refractivity contribution in [1.29, 1.82) is 0 Å². The molecule has 0 aromatic rings. The Balaban J connectivity index is 4.97. The SMILES string of the molecule is CCCC(O)CN(CC(O)CCC)C(C=O)(CO)CO. The van der Waals surface area contributed by atoms with E-state index >= 15 is 0 Å². The number of aldehydes is 1. The van der Waals surface area contributed by atoms with E-state index < -0.39 is 31.0 Å². The summed E-state index contributed by atoms with van der Waals surface area (Å²) in [6, 6.07) is 0. The van der Waals surface area contributed by atoms with Crippen molar-refractivity contribution in [2.24, 2.45) is 0 Å². The summed E-state index contributed by atoms with van der Waals surface area (Å²) in [5.41, 5.74) is -1.45. The normalized spacial score (nSPS) is 15.3. The number of aliphatic hydroxyl groups is 4. The van der Waals surface area contributed by atoms with Crippen LogP contribution in [0.2, 0.25) is 0 Å². The van der Waals surface area contributed by atoms with Crippen molar-refractivity contribution in [2.75, 3.05) is 26.3 Å². The minimum atomic E-state index is -1.45. The van der Waals surface area contributed by atoms with Crippen LogP contribution in [0.4, 0.5) is 0 Å². The first-order valence-corrected chi connectivity index (χ1v) is 7.28. The van der Waals surface area contributed by atoms with Gasteiger partial charge in [0.1, 0.15) is 11.8 Å². The fourth-order valence-corrected chi connectivity index (χ4v) is 2.20. The number of hydrogen-bond acceptors (Lipinski definition) is 6. The van der Waals surface area contributed by atoms with Crippen molar-refractivity contribution in [2.45, 2.75) is 57.3 Å². The highest BCUT2D eigenvalue weighted by atomic mass is 16.3. The van der Waals surface area contributed by atoms with Gasteiger partial charge >= 0.3 is 0 Å². The molecule has 4 N–H and O–H groups in total. The number of rotatable bonds is 12. The second kappa shape index (κ2) is 10.2. The van der Waals surface area contributed by atoms with Gasteiger partial charge in [0, 0.05) is 13.1 Å². The van der Waals surface area contributed by atoms with Crippen LogP contribution in [0.1, 0.15) is 39.5 Å². The van der Waals surface area contributed by atoms with Gasteiger partial charge in [-0.15, -0.1) is 0 Å². The molecule has 6 heteroatoms. The molecule has 0 aromatic carbocycles. The number of nitrogens with zero attached hydrogens (tertiary/aromatic N) is 1. The Morgan fingerprint density at radius 1 is 1.00 bits per heavy atom. The third kappa shape index (κ3) is 5.85. The molecular formula is C14H29NO5. The summed E-state index contributed by atoms with van der Waals surface area (Å²) in [6.07, 6.45) is 1.87. The summed E-state index contributed by atoms with van der Waals surface area (Å²) in [5, 5.41) is 38.7. The average molecular weight is 291 g/mol. The van der Waals surface area contributed by atoms with Crippen molar-refractivity contribution >= 4 is 6.29 Å². The number of carbonyl (C=O) groups excluding carboxylic acids is 1. The Hall–Kier alpha value is -0.530. The molecule has 0 saturated heterocycles. The van der Waals surface area contributed by atoms with Gasteiger partial charge in [0.05, 0.1) is 25.4 Å². The molecule has 0 heterocycles. The van der Waals surface area contributed by atoms with Crippen LogP contribution in [0.3, 0.4) is 0 Å². The van der Waals surface area contributed by atoms with E-state index in [2.05, 4.69) is 0 Å². The highest BCUT2D eigenvalue weighted by molar-refractivity contribution is 5.64. The van der Waals surface area contributed by atoms with Gasteiger partial charge in [-0.2, -0.15) is 0 Å². The summed E-state index contributed by atoms with van der Waals surface area (Å²) in [6.45, 7) is 3.04. The van der Waals surface area contributed by atoms with Gasteiger partial charge in [-0.1, -0.05) is 26.7 Å². The zero-order chi connectivity index (χ0) is 15.6. The predicted octanol–water partition coefficient (Wildman–Crippen LogP) is -0.467. The Labute approximate surface area is 121 Å². The molecule has 0 aromatic heterocycles. The van der Waals surface area contributed by atoms with Gasteiger partial charge in [0.25, 0.3) is 0 Å². The fourth-order valence-electron chi connectivity index (χ4n) is 2.20. The maximum absolute atomic E-state index is 11.3. The second-order valence-electron chi connectivity index (χ2n) is 5.33. The lowest BCUT2D eigenvalue weighted by Gasteiger charge is -2.39. The van der Waals surface area contributed by atoms with E-state index in [9.17, 15) is 25.2 Å². The minimum Gasteiger partial charge on any atom is -0.394 e. The molecular weight excluding hydrogens is 262 g/mol. The monoisotopic (exact) mass is 291 g/mol. The number of aliphatic hydroxyl groups excluding tert-OH is 4. The molecule has 120 valence electrons. The molecule has 0 bridgehead atoms. The second-order valence-corrected chi connectivity index (χ2v) is 5.33. The molecule has 0 spiro atoms. The van der Waals surface area contributed by atoms with E-state index in [4.69, 9.17) is 0 Å². The Kier molecular flexibility index (Phi) is 9.96. The van der Waals surface area contributed by atoms with Gasteiger partial charge in [-0.05, 0) is 12.8 Å². The van der Waals surface area contributed by atoms with Crippen molar-refractivity contribution in [3.63, 3.8) is 0 Å². The molecule has 0 rings (SSSR count). The number of hydrogen-bond donors (Lipinski definition) is 4. The smallest absolute Gasteiger partial charge is 0.144 e. The summed E-state index contributed by atoms with van der Waals surface area (Å²) in [7, 11) is 0. The van der Waals surface area contributed by atoms with Gasteiger partial charge in [0.2, 0.25) is 0 Å². The first kappa shape index (κ1) is 19.5. The van der Waals surface area contributed by atoms with Crippen LogP contribution < -0.4 is 0 Å². The first-order chi connectivity index (χ1) is 9.49. The Bertz CT molecular complexity index is 244. The highest BCUT2D eigenvalue weighted by Crippen LogP contribution is 2.16. The van der Waals surface area contributed by atoms with Crippen LogP contribution in [0, 0.1) is 0 Å². The molecule has 6 nitrogen and oxygen atoms in total. The van der Waals surface area contributed by atoms with Crippen molar-refractivity contribution < 1.29 is 25.2 Å². The third-order valence-electron chi connectivity index (χ3n) is 3.50. The molecule has 20 heavy (non-hydrogen) atoms. The molecule has 2 unspecified atom stereocenters. The van der Waals surface area contributed by atoms with E-state index in [1.54, 1.807) is 0 Å². The van der Waals surface area contributed by atoms with Crippen molar-refractivity contribution in [3.8, 4) is 0 Å². The molecule has 0 saturated carbocycles. The average Bonchev–Trinajstić information content (AvgIpc) is 2.41. The van der Waals surface area contributed by atoms with Gasteiger partial charge in [-0.25, -0.2) is 0 Å². The van der Waals surface area contributed by atoms with Crippen molar-refractivity contribution in [1.82, 2.24) is 4.90 Å². The highest BCUT2D eigenvalue weighted by Gasteiger charge is 2.37. The number of carbonyl (C=O) groups is 1. The van der Waals surface area contributed by atoms with Crippen LogP contribution in [0.15, 0.2) is 0 Å². The van der Waals surface area contributed by atoms with E-state index in [1.807, 2.05) is 13.8 Å². The Morgan fingerprint density at radius 2 is 1.40 bits per heavy atom. The zero-order valence-corrected chi connectivity index (χ0v) is 12.5. The van der Waals surface area contributed by atoms with E-state index in [0.29, 0.717) is 19.1 Å². The maximum Gasteiger partial charge on any atom is 0.144 e. The predicted molar refractivity (Wildman–Crippen MR) is 76.4 cm³/mol. The van der Waals surface area contributed by atoms with E-state index in [1.165, 1.54) is 4.90 Å². The lowest BCUT2D eigenvalue weighted by atomic mass is 9.98. The zero-order valence-electron chi connectivity index (χ0n) is 12.5. The van der Waals surface area contributed by atoms with Gasteiger partial charge in [0.15, 0.2) is 0 Å². The van der Waals surface area contributed by atoms with E-state index in [0.717, 1.165) is 12.8 Å². The number of β-amino-alcohol motifs (C(OH)–C–C–N with tert-alkyl or cyclic N) is 2. The molecule has 0 radical (unpaired) electrons. The van der Waals surface area contributed by atoms with Gasteiger partial charge < -0.3 is 25.2 Å². The molecule has 0 aliphatic carbocycles. The maximum atomic E-state index is 11.3. The third-order valence-corrected chi connectivity index (χ3v) is 3.50. The molecule has 2 atom stereocenters. The summed E-state index contributed by atoms with van der Waals surface area (Å²) < 4.78 is 0. The van der Waals surface area contributed by atoms with Crippen LogP contribution in [-0.4, -0.2) is 75.7 Å².